The molecule has 0 aliphatic carbocycles. The maximum absolute atomic E-state index is 4.52. The third-order valence-electron chi connectivity index (χ3n) is 2.59. The molecule has 0 spiro atoms. The van der Waals surface area contributed by atoms with Crippen molar-refractivity contribution < 1.29 is 0 Å². The molecule has 4 heteroatoms. The summed E-state index contributed by atoms with van der Waals surface area (Å²) in [6, 6.07) is 2.10. The Hall–Kier alpha value is -1.58. The van der Waals surface area contributed by atoms with Gasteiger partial charge >= 0.3 is 0 Å². The molecule has 0 amide bonds. The molecule has 1 N–H and O–H groups in total. The maximum atomic E-state index is 4.52. The van der Waals surface area contributed by atoms with Crippen molar-refractivity contribution in [2.45, 2.75) is 33.1 Å². The zero-order valence-electron chi connectivity index (χ0n) is 10.5. The third kappa shape index (κ3) is 1.87. The number of H-pyrrole nitrogens is 1. The molecule has 0 aromatic carbocycles. The molecule has 86 valence electrons. The summed E-state index contributed by atoms with van der Waals surface area (Å²) in [5.41, 5.74) is 3.24. The first kappa shape index (κ1) is 10.9. The summed E-state index contributed by atoms with van der Waals surface area (Å²) < 4.78 is 1.87. The van der Waals surface area contributed by atoms with Gasteiger partial charge in [-0.3, -0.25) is 4.68 Å². The Bertz CT molecular complexity index is 499. The number of nitrogens with zero attached hydrogens (tertiary/aromatic N) is 3. The van der Waals surface area contributed by atoms with Crippen LogP contribution in [0.4, 0.5) is 0 Å². The van der Waals surface area contributed by atoms with Crippen LogP contribution in [-0.4, -0.2) is 19.7 Å². The average Bonchev–Trinajstić information content (AvgIpc) is 2.70. The summed E-state index contributed by atoms with van der Waals surface area (Å²) >= 11 is 0. The van der Waals surface area contributed by atoms with Gasteiger partial charge in [0.15, 0.2) is 5.82 Å². The van der Waals surface area contributed by atoms with Crippen molar-refractivity contribution in [2.75, 3.05) is 0 Å². The van der Waals surface area contributed by atoms with Crippen LogP contribution in [0, 0.1) is 6.92 Å². The minimum atomic E-state index is 0.0671. The molecule has 2 heterocycles. The standard InChI is InChI=1S/C12H18N4/c1-8-7-13-11(14-8)9-6-10(12(2,3)4)15-16(9)5/h6-7H,1-5H3,(H,13,14). The molecule has 0 aliphatic rings. The molecule has 0 bridgehead atoms. The second-order valence-electron chi connectivity index (χ2n) is 5.20. The Morgan fingerprint density at radius 2 is 2.00 bits per heavy atom. The van der Waals surface area contributed by atoms with Gasteiger partial charge in [0.2, 0.25) is 0 Å². The van der Waals surface area contributed by atoms with Gasteiger partial charge < -0.3 is 4.98 Å². The van der Waals surface area contributed by atoms with Crippen LogP contribution >= 0.6 is 0 Å². The third-order valence-corrected chi connectivity index (χ3v) is 2.59. The zero-order valence-corrected chi connectivity index (χ0v) is 10.5. The summed E-state index contributed by atoms with van der Waals surface area (Å²) in [6.45, 7) is 8.48. The van der Waals surface area contributed by atoms with Crippen LogP contribution in [0.25, 0.3) is 11.5 Å². The van der Waals surface area contributed by atoms with Gasteiger partial charge in [-0.15, -0.1) is 0 Å². The summed E-state index contributed by atoms with van der Waals surface area (Å²) in [7, 11) is 1.95. The summed E-state index contributed by atoms with van der Waals surface area (Å²) in [6.07, 6.45) is 1.83. The molecule has 0 atom stereocenters. The Balaban J connectivity index is 2.47. The monoisotopic (exact) mass is 218 g/mol. The maximum Gasteiger partial charge on any atom is 0.155 e. The summed E-state index contributed by atoms with van der Waals surface area (Å²) in [4.78, 5) is 7.55. The van der Waals surface area contributed by atoms with E-state index in [1.54, 1.807) is 0 Å². The van der Waals surface area contributed by atoms with Gasteiger partial charge in [0.25, 0.3) is 0 Å². The molecule has 0 saturated heterocycles. The van der Waals surface area contributed by atoms with Crippen LogP contribution in [0.1, 0.15) is 32.2 Å². The van der Waals surface area contributed by atoms with Crippen LogP contribution in [0.3, 0.4) is 0 Å². The molecular weight excluding hydrogens is 200 g/mol. The Morgan fingerprint density at radius 1 is 1.31 bits per heavy atom. The number of aromatic amines is 1. The van der Waals surface area contributed by atoms with Crippen LogP contribution in [-0.2, 0) is 12.5 Å². The van der Waals surface area contributed by atoms with Crippen LogP contribution < -0.4 is 0 Å². The SMILES string of the molecule is Cc1cnc(-c2cc(C(C)(C)C)nn2C)[nH]1. The Labute approximate surface area is 95.7 Å². The lowest BCUT2D eigenvalue weighted by Gasteiger charge is -2.13. The molecule has 2 aromatic rings. The minimum absolute atomic E-state index is 0.0671. The van der Waals surface area contributed by atoms with Gasteiger partial charge in [0.05, 0.1) is 5.69 Å². The summed E-state index contributed by atoms with van der Waals surface area (Å²) in [5, 5.41) is 4.52. The lowest BCUT2D eigenvalue weighted by atomic mass is 9.92. The lowest BCUT2D eigenvalue weighted by Crippen LogP contribution is -2.12. The lowest BCUT2D eigenvalue weighted by molar-refractivity contribution is 0.553. The largest absolute Gasteiger partial charge is 0.341 e. The van der Waals surface area contributed by atoms with Crippen molar-refractivity contribution in [3.63, 3.8) is 0 Å². The highest BCUT2D eigenvalue weighted by atomic mass is 15.3. The van der Waals surface area contributed by atoms with E-state index in [-0.39, 0.29) is 5.41 Å². The second kappa shape index (κ2) is 3.47. The van der Waals surface area contributed by atoms with Gasteiger partial charge in [-0.05, 0) is 13.0 Å². The Morgan fingerprint density at radius 3 is 2.44 bits per heavy atom. The van der Waals surface area contributed by atoms with E-state index in [0.717, 1.165) is 22.9 Å². The van der Waals surface area contributed by atoms with E-state index in [1.807, 2.05) is 24.9 Å². The van der Waals surface area contributed by atoms with Crippen LogP contribution in [0.5, 0.6) is 0 Å². The average molecular weight is 218 g/mol. The van der Waals surface area contributed by atoms with E-state index in [4.69, 9.17) is 0 Å². The molecule has 0 aliphatic heterocycles. The molecule has 2 rings (SSSR count). The molecule has 0 unspecified atom stereocenters. The zero-order chi connectivity index (χ0) is 11.9. The minimum Gasteiger partial charge on any atom is -0.341 e. The van der Waals surface area contributed by atoms with Crippen molar-refractivity contribution in [2.24, 2.45) is 7.05 Å². The van der Waals surface area contributed by atoms with E-state index in [9.17, 15) is 0 Å². The highest BCUT2D eigenvalue weighted by Crippen LogP contribution is 2.25. The topological polar surface area (TPSA) is 46.5 Å². The predicted molar refractivity (Wildman–Crippen MR) is 64.2 cm³/mol. The fourth-order valence-electron chi connectivity index (χ4n) is 1.60. The second-order valence-corrected chi connectivity index (χ2v) is 5.20. The first-order chi connectivity index (χ1) is 7.38. The normalized spacial score (nSPS) is 12.1. The van der Waals surface area contributed by atoms with Crippen LogP contribution in [0.2, 0.25) is 0 Å². The molecule has 0 radical (unpaired) electrons. The molecule has 4 nitrogen and oxygen atoms in total. The fourth-order valence-corrected chi connectivity index (χ4v) is 1.60. The first-order valence-corrected chi connectivity index (χ1v) is 5.44. The van der Waals surface area contributed by atoms with E-state index in [2.05, 4.69) is 41.9 Å². The first-order valence-electron chi connectivity index (χ1n) is 5.44. The number of hydrogen-bond donors (Lipinski definition) is 1. The number of aromatic nitrogens is 4. The smallest absolute Gasteiger partial charge is 0.155 e. The van der Waals surface area contributed by atoms with E-state index in [0.29, 0.717) is 0 Å². The molecule has 0 saturated carbocycles. The van der Waals surface area contributed by atoms with Crippen molar-refractivity contribution in [3.8, 4) is 11.5 Å². The van der Waals surface area contributed by atoms with E-state index in [1.165, 1.54) is 0 Å². The predicted octanol–water partition coefficient (Wildman–Crippen LogP) is 2.42. The van der Waals surface area contributed by atoms with Crippen molar-refractivity contribution in [1.82, 2.24) is 19.7 Å². The quantitative estimate of drug-likeness (QED) is 0.799. The Kier molecular flexibility index (Phi) is 2.37. The fraction of sp³-hybridized carbons (Fsp3) is 0.500. The number of aryl methyl sites for hydroxylation is 2. The number of hydrogen-bond acceptors (Lipinski definition) is 2. The van der Waals surface area contributed by atoms with Gasteiger partial charge in [-0.25, -0.2) is 4.98 Å². The highest BCUT2D eigenvalue weighted by Gasteiger charge is 2.20. The molecule has 2 aromatic heterocycles. The van der Waals surface area contributed by atoms with Crippen LogP contribution in [0.15, 0.2) is 12.3 Å². The molecule has 0 fully saturated rings. The van der Waals surface area contributed by atoms with Crippen molar-refractivity contribution in [3.05, 3.63) is 23.7 Å². The van der Waals surface area contributed by atoms with E-state index >= 15 is 0 Å². The van der Waals surface area contributed by atoms with Crippen molar-refractivity contribution in [1.29, 1.82) is 0 Å². The van der Waals surface area contributed by atoms with Gasteiger partial charge in [0, 0.05) is 24.4 Å². The van der Waals surface area contributed by atoms with Gasteiger partial charge in [-0.1, -0.05) is 20.8 Å². The van der Waals surface area contributed by atoms with Crippen molar-refractivity contribution >= 4 is 0 Å². The van der Waals surface area contributed by atoms with E-state index < -0.39 is 0 Å². The number of rotatable bonds is 1. The molecule has 16 heavy (non-hydrogen) atoms. The number of nitrogens with one attached hydrogen (secondary N) is 1. The number of imidazole rings is 1. The summed E-state index contributed by atoms with van der Waals surface area (Å²) in [5.74, 6) is 0.878. The molecular formula is C12H18N4. The van der Waals surface area contributed by atoms with Gasteiger partial charge in [-0.2, -0.15) is 5.10 Å². The highest BCUT2D eigenvalue weighted by molar-refractivity contribution is 5.51. The van der Waals surface area contributed by atoms with Gasteiger partial charge in [0.1, 0.15) is 5.69 Å².